The van der Waals surface area contributed by atoms with E-state index in [1.807, 2.05) is 6.20 Å². The minimum atomic E-state index is -0.233. The lowest BCUT2D eigenvalue weighted by molar-refractivity contribution is 0.171. The van der Waals surface area contributed by atoms with Gasteiger partial charge in [0.2, 0.25) is 0 Å². The first-order valence-corrected chi connectivity index (χ1v) is 7.95. The van der Waals surface area contributed by atoms with E-state index in [9.17, 15) is 4.39 Å². The Labute approximate surface area is 122 Å². The van der Waals surface area contributed by atoms with Gasteiger partial charge in [0.25, 0.3) is 0 Å². The van der Waals surface area contributed by atoms with E-state index >= 15 is 0 Å². The first kappa shape index (κ1) is 15.4. The monoisotopic (exact) mass is 278 g/mol. The summed E-state index contributed by atoms with van der Waals surface area (Å²) in [5.41, 5.74) is 1.00. The van der Waals surface area contributed by atoms with Crippen molar-refractivity contribution in [3.8, 4) is 0 Å². The molecule has 1 aliphatic rings. The maximum Gasteiger partial charge on any atom is 0.141 e. The fraction of sp³-hybridized carbons (Fsp3) is 0.706. The Morgan fingerprint density at radius 1 is 1.30 bits per heavy atom. The number of rotatable bonds is 5. The minimum Gasteiger partial charge on any atom is -0.310 e. The molecule has 1 aromatic rings. The standard InChI is InChI=1S/C17H27FN2/c1-4-7-20-17(15-9-16(18)11-19-10-15)14-6-5-12(2)13(3)8-14/h9-14,17,20H,4-8H2,1-3H3. The summed E-state index contributed by atoms with van der Waals surface area (Å²) in [6, 6.07) is 1.89. The second kappa shape index (κ2) is 7.16. The molecule has 2 rings (SSSR count). The van der Waals surface area contributed by atoms with Crippen LogP contribution in [-0.2, 0) is 0 Å². The van der Waals surface area contributed by atoms with Crippen LogP contribution in [0.25, 0.3) is 0 Å². The normalized spacial score (nSPS) is 28.3. The van der Waals surface area contributed by atoms with Crippen molar-refractivity contribution in [3.63, 3.8) is 0 Å². The van der Waals surface area contributed by atoms with Gasteiger partial charge in [-0.25, -0.2) is 4.39 Å². The summed E-state index contributed by atoms with van der Waals surface area (Å²) >= 11 is 0. The van der Waals surface area contributed by atoms with Gasteiger partial charge >= 0.3 is 0 Å². The van der Waals surface area contributed by atoms with Gasteiger partial charge in [-0.05, 0) is 55.2 Å². The van der Waals surface area contributed by atoms with Crippen molar-refractivity contribution in [2.24, 2.45) is 17.8 Å². The van der Waals surface area contributed by atoms with Crippen LogP contribution in [0.1, 0.15) is 58.1 Å². The molecule has 0 aliphatic heterocycles. The molecule has 0 spiro atoms. The lowest BCUT2D eigenvalue weighted by Gasteiger charge is -2.37. The van der Waals surface area contributed by atoms with Gasteiger partial charge in [0, 0.05) is 12.2 Å². The number of aromatic nitrogens is 1. The van der Waals surface area contributed by atoms with E-state index in [-0.39, 0.29) is 11.9 Å². The Balaban J connectivity index is 2.15. The third-order valence-corrected chi connectivity index (χ3v) is 4.81. The molecule has 4 unspecified atom stereocenters. The summed E-state index contributed by atoms with van der Waals surface area (Å²) in [5.74, 6) is 1.92. The first-order valence-electron chi connectivity index (χ1n) is 7.95. The zero-order valence-electron chi connectivity index (χ0n) is 12.9. The summed E-state index contributed by atoms with van der Waals surface area (Å²) in [5, 5.41) is 3.61. The topological polar surface area (TPSA) is 24.9 Å². The Morgan fingerprint density at radius 2 is 2.10 bits per heavy atom. The third kappa shape index (κ3) is 3.78. The first-order chi connectivity index (χ1) is 9.61. The molecule has 0 radical (unpaired) electrons. The van der Waals surface area contributed by atoms with E-state index in [1.165, 1.54) is 25.5 Å². The summed E-state index contributed by atoms with van der Waals surface area (Å²) in [4.78, 5) is 4.03. The van der Waals surface area contributed by atoms with Crippen LogP contribution in [0.3, 0.4) is 0 Å². The number of pyridine rings is 1. The van der Waals surface area contributed by atoms with Crippen molar-refractivity contribution < 1.29 is 4.39 Å². The Bertz CT molecular complexity index is 421. The molecule has 1 heterocycles. The maximum absolute atomic E-state index is 13.5. The van der Waals surface area contributed by atoms with Gasteiger partial charge in [0.15, 0.2) is 0 Å². The number of halogens is 1. The maximum atomic E-state index is 13.5. The van der Waals surface area contributed by atoms with Crippen molar-refractivity contribution in [1.29, 1.82) is 0 Å². The highest BCUT2D eigenvalue weighted by Gasteiger charge is 2.30. The van der Waals surface area contributed by atoms with Crippen molar-refractivity contribution >= 4 is 0 Å². The smallest absolute Gasteiger partial charge is 0.141 e. The Hall–Kier alpha value is -0.960. The summed E-state index contributed by atoms with van der Waals surface area (Å²) in [7, 11) is 0. The molecule has 0 amide bonds. The average molecular weight is 278 g/mol. The molecule has 1 N–H and O–H groups in total. The predicted molar refractivity (Wildman–Crippen MR) is 80.9 cm³/mol. The molecule has 0 bridgehead atoms. The fourth-order valence-electron chi connectivity index (χ4n) is 3.35. The fourth-order valence-corrected chi connectivity index (χ4v) is 3.35. The van der Waals surface area contributed by atoms with Crippen LogP contribution < -0.4 is 5.32 Å². The van der Waals surface area contributed by atoms with Crippen molar-refractivity contribution in [3.05, 3.63) is 29.8 Å². The van der Waals surface area contributed by atoms with E-state index in [0.29, 0.717) is 5.92 Å². The Kier molecular flexibility index (Phi) is 5.53. The summed E-state index contributed by atoms with van der Waals surface area (Å²) < 4.78 is 13.5. The second-order valence-corrected chi connectivity index (χ2v) is 6.40. The van der Waals surface area contributed by atoms with E-state index in [1.54, 1.807) is 6.07 Å². The lowest BCUT2D eigenvalue weighted by Crippen LogP contribution is -2.33. The number of hydrogen-bond donors (Lipinski definition) is 1. The molecular formula is C17H27FN2. The van der Waals surface area contributed by atoms with Crippen LogP contribution >= 0.6 is 0 Å². The number of nitrogens with one attached hydrogen (secondary N) is 1. The van der Waals surface area contributed by atoms with E-state index in [0.717, 1.165) is 30.4 Å². The molecule has 1 saturated carbocycles. The molecule has 4 atom stereocenters. The number of nitrogens with zero attached hydrogens (tertiary/aromatic N) is 1. The van der Waals surface area contributed by atoms with Crippen LogP contribution in [0, 0.1) is 23.6 Å². The summed E-state index contributed by atoms with van der Waals surface area (Å²) in [6.45, 7) is 7.83. The van der Waals surface area contributed by atoms with Gasteiger partial charge < -0.3 is 5.32 Å². The summed E-state index contributed by atoms with van der Waals surface area (Å²) in [6.07, 6.45) is 7.92. The largest absolute Gasteiger partial charge is 0.310 e. The molecule has 112 valence electrons. The van der Waals surface area contributed by atoms with Crippen molar-refractivity contribution in [2.75, 3.05) is 6.54 Å². The zero-order chi connectivity index (χ0) is 14.5. The molecular weight excluding hydrogens is 251 g/mol. The molecule has 20 heavy (non-hydrogen) atoms. The van der Waals surface area contributed by atoms with Gasteiger partial charge in [0.05, 0.1) is 6.20 Å². The van der Waals surface area contributed by atoms with Crippen LogP contribution in [0.15, 0.2) is 18.5 Å². The highest BCUT2D eigenvalue weighted by molar-refractivity contribution is 5.16. The molecule has 0 saturated heterocycles. The van der Waals surface area contributed by atoms with E-state index < -0.39 is 0 Å². The lowest BCUT2D eigenvalue weighted by atomic mass is 9.72. The second-order valence-electron chi connectivity index (χ2n) is 6.40. The van der Waals surface area contributed by atoms with Crippen LogP contribution in [0.4, 0.5) is 4.39 Å². The molecule has 3 heteroatoms. The number of hydrogen-bond acceptors (Lipinski definition) is 2. The molecule has 1 aromatic heterocycles. The predicted octanol–water partition coefficient (Wildman–Crippen LogP) is 4.33. The van der Waals surface area contributed by atoms with Crippen molar-refractivity contribution in [1.82, 2.24) is 10.3 Å². The van der Waals surface area contributed by atoms with Gasteiger partial charge in [-0.2, -0.15) is 0 Å². The average Bonchev–Trinajstić information content (AvgIpc) is 2.43. The van der Waals surface area contributed by atoms with Gasteiger partial charge in [-0.1, -0.05) is 27.2 Å². The molecule has 1 fully saturated rings. The highest BCUT2D eigenvalue weighted by atomic mass is 19.1. The zero-order valence-corrected chi connectivity index (χ0v) is 12.9. The van der Waals surface area contributed by atoms with Gasteiger partial charge in [-0.3, -0.25) is 4.98 Å². The molecule has 1 aliphatic carbocycles. The highest BCUT2D eigenvalue weighted by Crippen LogP contribution is 2.39. The molecule has 2 nitrogen and oxygen atoms in total. The van der Waals surface area contributed by atoms with Crippen LogP contribution in [0.5, 0.6) is 0 Å². The minimum absolute atomic E-state index is 0.233. The van der Waals surface area contributed by atoms with Crippen molar-refractivity contribution in [2.45, 2.75) is 52.5 Å². The van der Waals surface area contributed by atoms with E-state index in [4.69, 9.17) is 0 Å². The van der Waals surface area contributed by atoms with Crippen LogP contribution in [-0.4, -0.2) is 11.5 Å². The Morgan fingerprint density at radius 3 is 2.75 bits per heavy atom. The van der Waals surface area contributed by atoms with Crippen LogP contribution in [0.2, 0.25) is 0 Å². The SMILES string of the molecule is CCCNC(c1cncc(F)c1)C1CCC(C)C(C)C1. The molecule has 0 aromatic carbocycles. The van der Waals surface area contributed by atoms with E-state index in [2.05, 4.69) is 31.1 Å². The van der Waals surface area contributed by atoms with Gasteiger partial charge in [-0.15, -0.1) is 0 Å². The van der Waals surface area contributed by atoms with Gasteiger partial charge in [0.1, 0.15) is 5.82 Å². The third-order valence-electron chi connectivity index (χ3n) is 4.81. The quantitative estimate of drug-likeness (QED) is 0.867.